The van der Waals surface area contributed by atoms with Crippen LogP contribution in [0.1, 0.15) is 37.5 Å². The first-order valence-corrected chi connectivity index (χ1v) is 11.4. The van der Waals surface area contributed by atoms with Gasteiger partial charge >= 0.3 is 0 Å². The van der Waals surface area contributed by atoms with Crippen molar-refractivity contribution < 1.29 is 4.42 Å². The maximum atomic E-state index is 6.41. The molecule has 0 amide bonds. The first-order chi connectivity index (χ1) is 16.3. The number of aryl methyl sites for hydroxylation is 2. The van der Waals surface area contributed by atoms with Gasteiger partial charge in [0.25, 0.3) is 0 Å². The average molecular weight is 449 g/mol. The van der Waals surface area contributed by atoms with Crippen LogP contribution in [0.25, 0.3) is 33.2 Å². The molecule has 2 aromatic heterocycles. The fraction of sp³-hybridized carbons (Fsp3) is 0.207. The summed E-state index contributed by atoms with van der Waals surface area (Å²) in [6, 6.07) is 22.7. The van der Waals surface area contributed by atoms with E-state index in [9.17, 15) is 0 Å². The highest BCUT2D eigenvalue weighted by molar-refractivity contribution is 5.88. The largest absolute Gasteiger partial charge is 0.456 e. The van der Waals surface area contributed by atoms with Gasteiger partial charge in [-0.3, -0.25) is 5.43 Å². The van der Waals surface area contributed by atoms with Gasteiger partial charge in [-0.2, -0.15) is 5.10 Å². The van der Waals surface area contributed by atoms with E-state index in [1.54, 1.807) is 6.33 Å². The van der Waals surface area contributed by atoms with Crippen LogP contribution in [0.5, 0.6) is 0 Å². The van der Waals surface area contributed by atoms with Crippen molar-refractivity contribution in [2.24, 2.45) is 5.10 Å². The van der Waals surface area contributed by atoms with Crippen LogP contribution in [0.2, 0.25) is 0 Å². The summed E-state index contributed by atoms with van der Waals surface area (Å²) in [5.74, 6) is 1.44. The molecule has 0 spiro atoms. The van der Waals surface area contributed by atoms with Crippen molar-refractivity contribution >= 4 is 27.7 Å². The van der Waals surface area contributed by atoms with Gasteiger partial charge in [-0.25, -0.2) is 9.97 Å². The predicted molar refractivity (Wildman–Crippen MR) is 139 cm³/mol. The van der Waals surface area contributed by atoms with E-state index in [4.69, 9.17) is 9.52 Å². The van der Waals surface area contributed by atoms with Crippen LogP contribution in [-0.4, -0.2) is 9.97 Å². The normalized spacial score (nSPS) is 12.4. The maximum Gasteiger partial charge on any atom is 0.157 e. The Morgan fingerprint density at radius 1 is 0.853 bits per heavy atom. The first-order valence-electron chi connectivity index (χ1n) is 11.4. The predicted octanol–water partition coefficient (Wildman–Crippen LogP) is 6.89. The van der Waals surface area contributed by atoms with Crippen LogP contribution in [0, 0.1) is 13.8 Å². The molecule has 0 unspecified atom stereocenters. The zero-order valence-corrected chi connectivity index (χ0v) is 20.2. The Labute approximate surface area is 199 Å². The lowest BCUT2D eigenvalue weighted by Gasteiger charge is -2.19. The third-order valence-electron chi connectivity index (χ3n) is 6.04. The van der Waals surface area contributed by atoms with Crippen LogP contribution in [0.4, 0.5) is 5.82 Å². The molecule has 5 aromatic rings. The van der Waals surface area contributed by atoms with Gasteiger partial charge in [-0.05, 0) is 54.2 Å². The van der Waals surface area contributed by atoms with E-state index in [1.807, 2.05) is 30.3 Å². The second kappa shape index (κ2) is 8.41. The number of hydrogen-bond acceptors (Lipinski definition) is 5. The molecule has 0 bridgehead atoms. The molecule has 1 N–H and O–H groups in total. The van der Waals surface area contributed by atoms with Gasteiger partial charge < -0.3 is 4.42 Å². The number of benzene rings is 3. The van der Waals surface area contributed by atoms with E-state index in [2.05, 4.69) is 86.4 Å². The van der Waals surface area contributed by atoms with Gasteiger partial charge in [0.05, 0.1) is 10.9 Å². The van der Waals surface area contributed by atoms with E-state index in [-0.39, 0.29) is 5.41 Å². The number of para-hydroxylation sites is 1. The van der Waals surface area contributed by atoms with E-state index >= 15 is 0 Å². The first kappa shape index (κ1) is 21.8. The molecule has 0 fully saturated rings. The van der Waals surface area contributed by atoms with Crippen molar-refractivity contribution in [3.05, 3.63) is 95.1 Å². The molecule has 0 radical (unpaired) electrons. The third kappa shape index (κ3) is 4.17. The van der Waals surface area contributed by atoms with Crippen molar-refractivity contribution in [3.63, 3.8) is 0 Å². The molecule has 0 aliphatic carbocycles. The quantitative estimate of drug-likeness (QED) is 0.305. The van der Waals surface area contributed by atoms with Crippen molar-refractivity contribution in [2.45, 2.75) is 40.0 Å². The fourth-order valence-corrected chi connectivity index (χ4v) is 4.20. The highest BCUT2D eigenvalue weighted by Crippen LogP contribution is 2.28. The minimum Gasteiger partial charge on any atom is -0.456 e. The third-order valence-corrected chi connectivity index (χ3v) is 6.04. The molecule has 34 heavy (non-hydrogen) atoms. The van der Waals surface area contributed by atoms with Crippen LogP contribution in [0.15, 0.2) is 82.6 Å². The highest BCUT2D eigenvalue weighted by atomic mass is 16.3. The molecule has 3 aromatic carbocycles. The maximum absolute atomic E-state index is 6.41. The van der Waals surface area contributed by atoms with E-state index in [0.717, 1.165) is 49.7 Å². The summed E-state index contributed by atoms with van der Waals surface area (Å²) < 4.78 is 6.41. The van der Waals surface area contributed by atoms with Crippen LogP contribution >= 0.6 is 0 Å². The number of nitrogens with one attached hydrogen (secondary N) is 1. The van der Waals surface area contributed by atoms with E-state index < -0.39 is 0 Å². The summed E-state index contributed by atoms with van der Waals surface area (Å²) in [6.45, 7) is 10.8. The minimum absolute atomic E-state index is 0.0951. The van der Waals surface area contributed by atoms with Gasteiger partial charge in [0, 0.05) is 22.4 Å². The Bertz CT molecular complexity index is 1570. The minimum atomic E-state index is 0.0951. The van der Waals surface area contributed by atoms with Crippen LogP contribution < -0.4 is 10.8 Å². The summed E-state index contributed by atoms with van der Waals surface area (Å²) in [5.41, 5.74) is 9.50. The standard InChI is InChI=1S/C29H28N4O/c1-18-14-19(2)27-23(15-18)25(32-33-28-22-8-6-7-9-24(22)30-17-31-28)16-26(34-27)20-10-12-21(13-11-20)29(3,4)5/h6-17H,1-5H3,(H,30,31,33)/b32-25+. The highest BCUT2D eigenvalue weighted by Gasteiger charge is 2.14. The van der Waals surface area contributed by atoms with Crippen molar-refractivity contribution in [2.75, 3.05) is 5.43 Å². The molecule has 0 saturated carbocycles. The number of rotatable bonds is 3. The Morgan fingerprint density at radius 3 is 2.38 bits per heavy atom. The van der Waals surface area contributed by atoms with Crippen molar-refractivity contribution in [3.8, 4) is 11.3 Å². The molecule has 0 aliphatic rings. The topological polar surface area (TPSA) is 63.3 Å². The molecule has 0 aliphatic heterocycles. The second-order valence-electron chi connectivity index (χ2n) is 9.74. The Hall–Kier alpha value is -3.99. The molecular weight excluding hydrogens is 420 g/mol. The molecule has 5 nitrogen and oxygen atoms in total. The van der Waals surface area contributed by atoms with Gasteiger partial charge in [0.1, 0.15) is 17.7 Å². The lowest BCUT2D eigenvalue weighted by molar-refractivity contribution is 0.589. The summed E-state index contributed by atoms with van der Waals surface area (Å²) in [7, 11) is 0. The number of nitrogens with zero attached hydrogens (tertiary/aromatic N) is 3. The molecule has 0 atom stereocenters. The van der Waals surface area contributed by atoms with Gasteiger partial charge in [0.15, 0.2) is 5.82 Å². The van der Waals surface area contributed by atoms with Crippen molar-refractivity contribution in [1.82, 2.24) is 9.97 Å². The monoisotopic (exact) mass is 448 g/mol. The number of fused-ring (bicyclic) bond motifs is 2. The Morgan fingerprint density at radius 2 is 1.62 bits per heavy atom. The van der Waals surface area contributed by atoms with Crippen molar-refractivity contribution in [1.29, 1.82) is 0 Å². The Balaban J connectivity index is 1.67. The molecule has 5 rings (SSSR count). The van der Waals surface area contributed by atoms with E-state index in [0.29, 0.717) is 5.82 Å². The zero-order chi connectivity index (χ0) is 23.9. The van der Waals surface area contributed by atoms with Gasteiger partial charge in [0.2, 0.25) is 0 Å². The Kier molecular flexibility index (Phi) is 5.40. The summed E-state index contributed by atoms with van der Waals surface area (Å²) in [6.07, 6.45) is 1.55. The van der Waals surface area contributed by atoms with Crippen LogP contribution in [-0.2, 0) is 5.41 Å². The molecule has 0 saturated heterocycles. The lowest BCUT2D eigenvalue weighted by Crippen LogP contribution is -2.11. The molecular formula is C29H28N4O. The molecule has 170 valence electrons. The second-order valence-corrected chi connectivity index (χ2v) is 9.74. The van der Waals surface area contributed by atoms with E-state index in [1.165, 1.54) is 5.56 Å². The fourth-order valence-electron chi connectivity index (χ4n) is 4.20. The summed E-state index contributed by atoms with van der Waals surface area (Å²) in [4.78, 5) is 8.75. The number of aromatic nitrogens is 2. The zero-order valence-electron chi connectivity index (χ0n) is 20.2. The molecule has 2 heterocycles. The smallest absolute Gasteiger partial charge is 0.157 e. The average Bonchev–Trinajstić information content (AvgIpc) is 2.82. The molecule has 5 heteroatoms. The number of hydrogen-bond donors (Lipinski definition) is 1. The summed E-state index contributed by atoms with van der Waals surface area (Å²) in [5, 5.41) is 7.45. The van der Waals surface area contributed by atoms with Crippen LogP contribution in [0.3, 0.4) is 0 Å². The lowest BCUT2D eigenvalue weighted by atomic mass is 9.86. The summed E-state index contributed by atoms with van der Waals surface area (Å²) >= 11 is 0. The van der Waals surface area contributed by atoms with Gasteiger partial charge in [-0.15, -0.1) is 0 Å². The van der Waals surface area contributed by atoms with Gasteiger partial charge in [-0.1, -0.05) is 63.2 Å². The number of anilines is 1. The SMILES string of the molecule is Cc1cc(C)c2oc(-c3ccc(C(C)(C)C)cc3)c/c(=N\Nc3ncnc4ccccc34)c2c1.